The van der Waals surface area contributed by atoms with Crippen molar-refractivity contribution < 1.29 is 35.6 Å². The summed E-state index contributed by atoms with van der Waals surface area (Å²) in [5, 5.41) is 9.81. The van der Waals surface area contributed by atoms with E-state index in [0.717, 1.165) is 74.8 Å². The first-order chi connectivity index (χ1) is 25.9. The lowest BCUT2D eigenvalue weighted by atomic mass is 9.80. The Bertz CT molecular complexity index is 2480. The molecular weight excluding hydrogens is 733 g/mol. The number of hydrogen-bond acceptors (Lipinski definition) is 7. The summed E-state index contributed by atoms with van der Waals surface area (Å²) >= 11 is 0. The molecule has 0 amide bonds. The number of benzene rings is 4. The molecule has 0 saturated heterocycles. The van der Waals surface area contributed by atoms with Crippen LogP contribution in [0.25, 0.3) is 22.3 Å². The van der Waals surface area contributed by atoms with Crippen molar-refractivity contribution in [2.45, 2.75) is 75.0 Å². The van der Waals surface area contributed by atoms with Gasteiger partial charge in [0.2, 0.25) is 5.69 Å². The van der Waals surface area contributed by atoms with Crippen LogP contribution in [0.2, 0.25) is 0 Å². The maximum Gasteiger partial charge on any atom is 0.294 e. The molecule has 2 aliphatic rings. The van der Waals surface area contributed by atoms with Gasteiger partial charge in [0.1, 0.15) is 16.7 Å². The van der Waals surface area contributed by atoms with Crippen LogP contribution in [0, 0.1) is 0 Å². The number of nitrogens with zero attached hydrogens (tertiary/aromatic N) is 2. The van der Waals surface area contributed by atoms with Gasteiger partial charge in [-0.2, -0.15) is 13.0 Å². The fraction of sp³-hybridized carbons (Fsp3) is 0.295. The monoisotopic (exact) mass is 780 g/mol. The van der Waals surface area contributed by atoms with Crippen molar-refractivity contribution in [2.75, 3.05) is 24.6 Å². The molecule has 2 heterocycles. The van der Waals surface area contributed by atoms with E-state index in [1.54, 1.807) is 24.3 Å². The summed E-state index contributed by atoms with van der Waals surface area (Å²) in [6, 6.07) is 24.8. The molecule has 6 rings (SSSR count). The van der Waals surface area contributed by atoms with E-state index >= 15 is 0 Å². The Labute approximate surface area is 325 Å². The molecule has 0 radical (unpaired) electrons. The van der Waals surface area contributed by atoms with Crippen LogP contribution in [0.3, 0.4) is 0 Å². The number of aliphatic hydroxyl groups is 1. The molecule has 0 aliphatic carbocycles. The van der Waals surface area contributed by atoms with E-state index in [2.05, 4.69) is 99.6 Å². The minimum Gasteiger partial charge on any atom is -0.744 e. The normalized spacial score (nSPS) is 17.4. The molecule has 0 aromatic heterocycles. The first kappa shape index (κ1) is 40.0. The quantitative estimate of drug-likeness (QED) is 0.0830. The maximum absolute atomic E-state index is 11.6. The Morgan fingerprint density at radius 1 is 0.782 bits per heavy atom. The van der Waals surface area contributed by atoms with Crippen LogP contribution < -0.4 is 4.90 Å². The van der Waals surface area contributed by atoms with Crippen LogP contribution in [0.15, 0.2) is 130 Å². The van der Waals surface area contributed by atoms with E-state index in [-0.39, 0.29) is 27.2 Å². The van der Waals surface area contributed by atoms with Crippen molar-refractivity contribution in [3.8, 4) is 22.3 Å². The van der Waals surface area contributed by atoms with Gasteiger partial charge in [0.25, 0.3) is 10.1 Å². The molecule has 2 aliphatic heterocycles. The minimum absolute atomic E-state index is 0.0762. The second-order valence-electron chi connectivity index (χ2n) is 15.0. The van der Waals surface area contributed by atoms with Crippen molar-refractivity contribution in [3.63, 3.8) is 0 Å². The van der Waals surface area contributed by atoms with E-state index in [1.807, 2.05) is 12.1 Å². The Balaban J connectivity index is 1.32. The summed E-state index contributed by atoms with van der Waals surface area (Å²) < 4.78 is 69.4. The van der Waals surface area contributed by atoms with Crippen molar-refractivity contribution in [2.24, 2.45) is 0 Å². The van der Waals surface area contributed by atoms with Crippen LogP contribution in [-0.2, 0) is 31.1 Å². The van der Waals surface area contributed by atoms with E-state index in [1.165, 1.54) is 24.3 Å². The van der Waals surface area contributed by atoms with E-state index in [9.17, 15) is 31.0 Å². The second kappa shape index (κ2) is 15.1. The highest BCUT2D eigenvalue weighted by Crippen LogP contribution is 2.49. The van der Waals surface area contributed by atoms with Crippen molar-refractivity contribution in [1.82, 2.24) is 0 Å². The Hall–Kier alpha value is -4.65. The van der Waals surface area contributed by atoms with Crippen molar-refractivity contribution >= 4 is 37.3 Å². The molecule has 0 saturated carbocycles. The average Bonchev–Trinajstić information content (AvgIpc) is 3.50. The van der Waals surface area contributed by atoms with Gasteiger partial charge in [-0.25, -0.2) is 8.42 Å². The summed E-state index contributed by atoms with van der Waals surface area (Å²) in [6.07, 6.45) is 9.99. The number of likely N-dealkylation sites (N-methyl/N-ethyl adjacent to an activating group) is 1. The van der Waals surface area contributed by atoms with Crippen molar-refractivity contribution in [3.05, 3.63) is 132 Å². The smallest absolute Gasteiger partial charge is 0.294 e. The summed E-state index contributed by atoms with van der Waals surface area (Å²) in [5.74, 6) is 0. The molecule has 9 nitrogen and oxygen atoms in total. The van der Waals surface area contributed by atoms with Crippen LogP contribution in [-0.4, -0.2) is 61.0 Å². The molecule has 55 heavy (non-hydrogen) atoms. The molecule has 0 spiro atoms. The van der Waals surface area contributed by atoms with Gasteiger partial charge >= 0.3 is 0 Å². The molecule has 4 aromatic carbocycles. The lowest BCUT2D eigenvalue weighted by Crippen LogP contribution is -2.27. The number of hydrogen-bond donors (Lipinski definition) is 2. The number of rotatable bonds is 12. The molecule has 0 fully saturated rings. The van der Waals surface area contributed by atoms with Crippen LogP contribution in [0.5, 0.6) is 0 Å². The van der Waals surface area contributed by atoms with Gasteiger partial charge in [-0.1, -0.05) is 56.3 Å². The van der Waals surface area contributed by atoms with Gasteiger partial charge in [0.05, 0.1) is 15.2 Å². The van der Waals surface area contributed by atoms with Gasteiger partial charge in [-0.3, -0.25) is 4.55 Å². The highest BCUT2D eigenvalue weighted by atomic mass is 32.2. The zero-order chi connectivity index (χ0) is 39.9. The van der Waals surface area contributed by atoms with Gasteiger partial charge in [0, 0.05) is 47.7 Å². The van der Waals surface area contributed by atoms with Crippen molar-refractivity contribution in [1.29, 1.82) is 0 Å². The number of fused-ring (bicyclic) bond motifs is 2. The molecule has 288 valence electrons. The lowest BCUT2D eigenvalue weighted by Gasteiger charge is -2.26. The minimum atomic E-state index is -4.53. The molecule has 0 unspecified atom stereocenters. The largest absolute Gasteiger partial charge is 0.744 e. The van der Waals surface area contributed by atoms with Gasteiger partial charge in [-0.05, 0) is 129 Å². The fourth-order valence-electron chi connectivity index (χ4n) is 7.90. The number of anilines is 1. The third-order valence-electron chi connectivity index (χ3n) is 10.9. The van der Waals surface area contributed by atoms with Crippen LogP contribution >= 0.6 is 0 Å². The standard InChI is InChI=1S/C44H48N2O7S2/c1-7-45-39-23-17-33(31-13-19-35(20-14-31)54(48,49)50)28-37(39)43(3,4)41(45)25-11-30(10-9-27-47)12-26-42-44(5,6)38-29-34(18-24-40(38)46(42)8-2)32-15-21-36(22-16-32)55(51,52)53/h11-26,28-29,47H,7-10,27H2,1-6H3,(H-,48,49,50,51,52,53). The molecule has 2 N–H and O–H groups in total. The van der Waals surface area contributed by atoms with Gasteiger partial charge in [-0.15, -0.1) is 0 Å². The lowest BCUT2D eigenvalue weighted by molar-refractivity contribution is -0.433. The number of aliphatic hydroxyl groups excluding tert-OH is 1. The van der Waals surface area contributed by atoms with E-state index < -0.39 is 20.2 Å². The summed E-state index contributed by atoms with van der Waals surface area (Å²) in [7, 11) is -8.81. The predicted molar refractivity (Wildman–Crippen MR) is 218 cm³/mol. The second-order valence-corrected chi connectivity index (χ2v) is 17.8. The van der Waals surface area contributed by atoms with Gasteiger partial charge in [0.15, 0.2) is 5.71 Å². The zero-order valence-electron chi connectivity index (χ0n) is 32.1. The SMILES string of the molecule is CCN1C(=CC=C(C=CC2=[N+](CC)c3ccc(-c4ccc(S(=O)(=O)O)cc4)cc3C2(C)C)CCCO)C(C)(C)c2cc(-c3ccc(S(=O)(=O)[O-])cc3)ccc21. The zero-order valence-corrected chi connectivity index (χ0v) is 33.7. The molecule has 4 aromatic rings. The Morgan fingerprint density at radius 3 is 1.89 bits per heavy atom. The molecular formula is C44H48N2O7S2. The summed E-state index contributed by atoms with van der Waals surface area (Å²) in [6.45, 7) is 14.7. The summed E-state index contributed by atoms with van der Waals surface area (Å²) in [5.41, 5.74) is 10.7. The Kier molecular flexibility index (Phi) is 11.0. The first-order valence-electron chi connectivity index (χ1n) is 18.5. The molecule has 11 heteroatoms. The van der Waals surface area contributed by atoms with E-state index in [4.69, 9.17) is 0 Å². The Morgan fingerprint density at radius 2 is 1.35 bits per heavy atom. The first-order valence-corrected chi connectivity index (χ1v) is 21.3. The third-order valence-corrected chi connectivity index (χ3v) is 12.6. The maximum atomic E-state index is 11.6. The van der Waals surface area contributed by atoms with E-state index in [0.29, 0.717) is 12.8 Å². The number of allylic oxidation sites excluding steroid dienone is 6. The molecule has 0 atom stereocenters. The third kappa shape index (κ3) is 7.77. The topological polar surface area (TPSA) is 138 Å². The fourth-order valence-corrected chi connectivity index (χ4v) is 8.85. The predicted octanol–water partition coefficient (Wildman–Crippen LogP) is 8.52. The van der Waals surface area contributed by atoms with Crippen LogP contribution in [0.1, 0.15) is 65.5 Å². The average molecular weight is 781 g/mol. The summed E-state index contributed by atoms with van der Waals surface area (Å²) in [4.78, 5) is 1.92. The highest BCUT2D eigenvalue weighted by molar-refractivity contribution is 7.86. The highest BCUT2D eigenvalue weighted by Gasteiger charge is 2.44. The molecule has 0 bridgehead atoms. The van der Waals surface area contributed by atoms with Crippen LogP contribution in [0.4, 0.5) is 11.4 Å². The van der Waals surface area contributed by atoms with Gasteiger partial charge < -0.3 is 14.6 Å².